The van der Waals surface area contributed by atoms with Crippen LogP contribution in [-0.2, 0) is 6.54 Å². The molecule has 0 saturated heterocycles. The van der Waals surface area contributed by atoms with Crippen molar-refractivity contribution in [1.29, 1.82) is 0 Å². The van der Waals surface area contributed by atoms with E-state index in [1.54, 1.807) is 27.7 Å². The van der Waals surface area contributed by atoms with E-state index in [-0.39, 0.29) is 5.56 Å². The SMILES string of the molecule is CCSc1nc2sc(C)c(C)c2c(=O)n1CC. The van der Waals surface area contributed by atoms with Crippen LogP contribution in [0.3, 0.4) is 0 Å². The molecule has 0 bridgehead atoms. The zero-order valence-corrected chi connectivity index (χ0v) is 12.2. The molecular weight excluding hydrogens is 252 g/mol. The number of thioether (sulfide) groups is 1. The molecular formula is C12H16N2OS2. The summed E-state index contributed by atoms with van der Waals surface area (Å²) in [6, 6.07) is 0. The molecule has 92 valence electrons. The van der Waals surface area contributed by atoms with Gasteiger partial charge in [-0.25, -0.2) is 4.98 Å². The monoisotopic (exact) mass is 268 g/mol. The highest BCUT2D eigenvalue weighted by Gasteiger charge is 2.15. The van der Waals surface area contributed by atoms with Gasteiger partial charge in [-0.2, -0.15) is 0 Å². The molecule has 0 aliphatic rings. The summed E-state index contributed by atoms with van der Waals surface area (Å²) < 4.78 is 1.77. The molecule has 2 rings (SSSR count). The molecule has 0 saturated carbocycles. The highest BCUT2D eigenvalue weighted by Crippen LogP contribution is 2.28. The van der Waals surface area contributed by atoms with Crippen molar-refractivity contribution in [2.24, 2.45) is 0 Å². The van der Waals surface area contributed by atoms with Gasteiger partial charge in [0.05, 0.1) is 5.39 Å². The number of hydrogen-bond acceptors (Lipinski definition) is 4. The molecule has 0 spiro atoms. The van der Waals surface area contributed by atoms with Gasteiger partial charge in [0.2, 0.25) is 0 Å². The van der Waals surface area contributed by atoms with E-state index >= 15 is 0 Å². The Hall–Kier alpha value is -0.810. The van der Waals surface area contributed by atoms with Gasteiger partial charge < -0.3 is 0 Å². The van der Waals surface area contributed by atoms with Gasteiger partial charge in [0.15, 0.2) is 5.16 Å². The Morgan fingerprint density at radius 2 is 2.06 bits per heavy atom. The van der Waals surface area contributed by atoms with E-state index in [4.69, 9.17) is 0 Å². The topological polar surface area (TPSA) is 34.9 Å². The van der Waals surface area contributed by atoms with E-state index in [0.717, 1.165) is 26.7 Å². The van der Waals surface area contributed by atoms with E-state index in [1.807, 2.05) is 20.8 Å². The third-order valence-corrected chi connectivity index (χ3v) is 4.80. The highest BCUT2D eigenvalue weighted by molar-refractivity contribution is 7.99. The number of fused-ring (bicyclic) bond motifs is 1. The van der Waals surface area contributed by atoms with Crippen molar-refractivity contribution in [3.8, 4) is 0 Å². The second kappa shape index (κ2) is 4.82. The van der Waals surface area contributed by atoms with E-state index in [1.165, 1.54) is 4.88 Å². The summed E-state index contributed by atoms with van der Waals surface area (Å²) >= 11 is 3.24. The number of hydrogen-bond donors (Lipinski definition) is 0. The number of nitrogens with zero attached hydrogens (tertiary/aromatic N) is 2. The third kappa shape index (κ3) is 2.02. The normalized spacial score (nSPS) is 11.3. The van der Waals surface area contributed by atoms with Crippen LogP contribution < -0.4 is 5.56 Å². The molecule has 0 radical (unpaired) electrons. The summed E-state index contributed by atoms with van der Waals surface area (Å²) in [5.74, 6) is 0.932. The lowest BCUT2D eigenvalue weighted by molar-refractivity contribution is 0.635. The van der Waals surface area contributed by atoms with Crippen LogP contribution in [0, 0.1) is 13.8 Å². The van der Waals surface area contributed by atoms with Gasteiger partial charge in [-0.3, -0.25) is 9.36 Å². The Bertz CT molecular complexity index is 613. The number of aryl methyl sites for hydroxylation is 2. The zero-order valence-electron chi connectivity index (χ0n) is 10.5. The van der Waals surface area contributed by atoms with Gasteiger partial charge >= 0.3 is 0 Å². The van der Waals surface area contributed by atoms with Crippen LogP contribution in [-0.4, -0.2) is 15.3 Å². The summed E-state index contributed by atoms with van der Waals surface area (Å²) in [5.41, 5.74) is 1.19. The van der Waals surface area contributed by atoms with Crippen molar-refractivity contribution in [3.63, 3.8) is 0 Å². The summed E-state index contributed by atoms with van der Waals surface area (Å²) in [7, 11) is 0. The van der Waals surface area contributed by atoms with Gasteiger partial charge in [-0.1, -0.05) is 18.7 Å². The second-order valence-electron chi connectivity index (χ2n) is 3.84. The van der Waals surface area contributed by atoms with Crippen LogP contribution in [0.25, 0.3) is 10.2 Å². The fraction of sp³-hybridized carbons (Fsp3) is 0.500. The van der Waals surface area contributed by atoms with E-state index in [0.29, 0.717) is 6.54 Å². The van der Waals surface area contributed by atoms with Crippen LogP contribution in [0.5, 0.6) is 0 Å². The summed E-state index contributed by atoms with van der Waals surface area (Å²) in [6.45, 7) is 8.79. The predicted molar refractivity (Wildman–Crippen MR) is 75.4 cm³/mol. The maximum absolute atomic E-state index is 12.4. The average molecular weight is 268 g/mol. The van der Waals surface area contributed by atoms with E-state index in [2.05, 4.69) is 11.9 Å². The summed E-state index contributed by atoms with van der Waals surface area (Å²) in [4.78, 5) is 19.1. The average Bonchev–Trinajstić information content (AvgIpc) is 2.56. The quantitative estimate of drug-likeness (QED) is 0.633. The highest BCUT2D eigenvalue weighted by atomic mass is 32.2. The molecule has 0 aliphatic heterocycles. The van der Waals surface area contributed by atoms with Gasteiger partial charge in [0, 0.05) is 11.4 Å². The van der Waals surface area contributed by atoms with Crippen molar-refractivity contribution in [2.75, 3.05) is 5.75 Å². The minimum Gasteiger partial charge on any atom is -0.287 e. The molecule has 5 heteroatoms. The number of rotatable bonds is 3. The molecule has 2 heterocycles. The third-order valence-electron chi connectivity index (χ3n) is 2.84. The van der Waals surface area contributed by atoms with Crippen LogP contribution >= 0.6 is 23.1 Å². The smallest absolute Gasteiger partial charge is 0.263 e. The molecule has 2 aromatic rings. The Balaban J connectivity index is 2.83. The Kier molecular flexibility index (Phi) is 3.58. The lowest BCUT2D eigenvalue weighted by Gasteiger charge is -2.08. The minimum atomic E-state index is 0.107. The second-order valence-corrected chi connectivity index (χ2v) is 6.27. The molecule has 0 unspecified atom stereocenters. The first kappa shape index (κ1) is 12.6. The Morgan fingerprint density at radius 1 is 1.35 bits per heavy atom. The van der Waals surface area contributed by atoms with Crippen LogP contribution in [0.15, 0.2) is 9.95 Å². The lowest BCUT2D eigenvalue weighted by Crippen LogP contribution is -2.22. The molecule has 3 nitrogen and oxygen atoms in total. The first-order valence-corrected chi connectivity index (χ1v) is 7.53. The summed E-state index contributed by atoms with van der Waals surface area (Å²) in [5, 5.41) is 1.64. The molecule has 0 fully saturated rings. The molecule has 17 heavy (non-hydrogen) atoms. The largest absolute Gasteiger partial charge is 0.287 e. The molecule has 0 aliphatic carbocycles. The molecule has 0 amide bonds. The first-order chi connectivity index (χ1) is 8.10. The fourth-order valence-corrected chi connectivity index (χ4v) is 3.69. The predicted octanol–water partition coefficient (Wildman–Crippen LogP) is 3.21. The van der Waals surface area contributed by atoms with Crippen molar-refractivity contribution < 1.29 is 0 Å². The van der Waals surface area contributed by atoms with Crippen LogP contribution in [0.2, 0.25) is 0 Å². The van der Waals surface area contributed by atoms with E-state index < -0.39 is 0 Å². The molecule has 0 N–H and O–H groups in total. The Labute approximate surface area is 109 Å². The molecule has 2 aromatic heterocycles. The van der Waals surface area contributed by atoms with E-state index in [9.17, 15) is 4.79 Å². The van der Waals surface area contributed by atoms with Crippen molar-refractivity contribution in [2.45, 2.75) is 39.4 Å². The molecule has 0 atom stereocenters. The zero-order chi connectivity index (χ0) is 12.6. The van der Waals surface area contributed by atoms with Crippen LogP contribution in [0.1, 0.15) is 24.3 Å². The van der Waals surface area contributed by atoms with Crippen molar-refractivity contribution >= 4 is 33.3 Å². The molecule has 0 aromatic carbocycles. The van der Waals surface area contributed by atoms with Gasteiger partial charge in [-0.15, -0.1) is 11.3 Å². The first-order valence-electron chi connectivity index (χ1n) is 5.73. The number of aromatic nitrogens is 2. The maximum Gasteiger partial charge on any atom is 0.263 e. The lowest BCUT2D eigenvalue weighted by atomic mass is 10.2. The summed E-state index contributed by atoms with van der Waals surface area (Å²) in [6.07, 6.45) is 0. The van der Waals surface area contributed by atoms with Crippen molar-refractivity contribution in [3.05, 3.63) is 20.8 Å². The minimum absolute atomic E-state index is 0.107. The van der Waals surface area contributed by atoms with Gasteiger partial charge in [-0.05, 0) is 32.1 Å². The standard InChI is InChI=1S/C12H16N2OS2/c1-5-14-11(15)9-7(3)8(4)17-10(9)13-12(14)16-6-2/h5-6H2,1-4H3. The fourth-order valence-electron chi connectivity index (χ4n) is 1.83. The van der Waals surface area contributed by atoms with Crippen LogP contribution in [0.4, 0.5) is 0 Å². The van der Waals surface area contributed by atoms with Gasteiger partial charge in [0.25, 0.3) is 5.56 Å². The van der Waals surface area contributed by atoms with Crippen molar-refractivity contribution in [1.82, 2.24) is 9.55 Å². The number of thiophene rings is 1. The Morgan fingerprint density at radius 3 is 2.65 bits per heavy atom. The van der Waals surface area contributed by atoms with Gasteiger partial charge in [0.1, 0.15) is 4.83 Å². The maximum atomic E-state index is 12.4.